The van der Waals surface area contributed by atoms with Gasteiger partial charge in [-0.2, -0.15) is 0 Å². The van der Waals surface area contributed by atoms with Crippen LogP contribution in [0.3, 0.4) is 0 Å². The summed E-state index contributed by atoms with van der Waals surface area (Å²) in [6, 6.07) is 15.4. The van der Waals surface area contributed by atoms with Crippen LogP contribution < -0.4 is 4.90 Å². The Kier molecular flexibility index (Phi) is 4.99. The Morgan fingerprint density at radius 1 is 1.21 bits per heavy atom. The molecule has 2 aromatic carbocycles. The molecule has 0 amide bonds. The molecule has 0 N–H and O–H groups in total. The SMILES string of the molecule is C=C1N(CC)c2ccc(/C(C=NC)=C/C)cc2C(c2ccc(C)cc2)=NC12CC2. The van der Waals surface area contributed by atoms with E-state index < -0.39 is 0 Å². The summed E-state index contributed by atoms with van der Waals surface area (Å²) in [6.07, 6.45) is 6.16. The van der Waals surface area contributed by atoms with Gasteiger partial charge >= 0.3 is 0 Å². The molecule has 1 aliphatic heterocycles. The summed E-state index contributed by atoms with van der Waals surface area (Å²) >= 11 is 0. The molecule has 0 aromatic heterocycles. The molecular weight excluding hydrogens is 354 g/mol. The molecule has 0 atom stereocenters. The van der Waals surface area contributed by atoms with Crippen LogP contribution in [0, 0.1) is 6.92 Å². The maximum atomic E-state index is 5.33. The van der Waals surface area contributed by atoms with E-state index in [1.807, 2.05) is 13.3 Å². The van der Waals surface area contributed by atoms with Gasteiger partial charge in [-0.15, -0.1) is 0 Å². The van der Waals surface area contributed by atoms with Crippen LogP contribution in [0.4, 0.5) is 5.69 Å². The molecule has 0 saturated heterocycles. The lowest BCUT2D eigenvalue weighted by molar-refractivity contribution is 0.748. The maximum absolute atomic E-state index is 5.33. The summed E-state index contributed by atoms with van der Waals surface area (Å²) < 4.78 is 0. The molecule has 1 fully saturated rings. The number of rotatable bonds is 4. The van der Waals surface area contributed by atoms with Gasteiger partial charge in [-0.1, -0.05) is 48.6 Å². The number of hydrogen-bond donors (Lipinski definition) is 0. The zero-order valence-corrected chi connectivity index (χ0v) is 17.9. The summed E-state index contributed by atoms with van der Waals surface area (Å²) in [4.78, 5) is 11.9. The monoisotopic (exact) mass is 383 g/mol. The standard InChI is InChI=1S/C26H29N3/c1-6-20(17-27-5)22-12-13-24-23(16-22)25(21-10-8-18(3)9-11-21)28-26(14-15-26)19(4)29(24)7-2/h6,8-13,16-17H,4,7,14-15H2,1-3,5H3/b20-6+,27-17?. The van der Waals surface area contributed by atoms with E-state index in [0.717, 1.165) is 47.5 Å². The Balaban J connectivity index is 1.97. The molecule has 29 heavy (non-hydrogen) atoms. The van der Waals surface area contributed by atoms with Gasteiger partial charge in [-0.3, -0.25) is 9.98 Å². The van der Waals surface area contributed by atoms with Gasteiger partial charge in [0.1, 0.15) is 5.54 Å². The quantitative estimate of drug-likeness (QED) is 0.611. The molecule has 0 radical (unpaired) electrons. The summed E-state index contributed by atoms with van der Waals surface area (Å²) in [5.41, 5.74) is 9.10. The largest absolute Gasteiger partial charge is 0.343 e. The van der Waals surface area contributed by atoms with Crippen molar-refractivity contribution in [2.45, 2.75) is 39.2 Å². The zero-order valence-electron chi connectivity index (χ0n) is 17.9. The molecule has 4 rings (SSSR count). The van der Waals surface area contributed by atoms with Gasteiger partial charge in [0.15, 0.2) is 0 Å². The first-order chi connectivity index (χ1) is 14.0. The fraction of sp³-hybridized carbons (Fsp3) is 0.308. The predicted octanol–water partition coefficient (Wildman–Crippen LogP) is 5.82. The number of nitrogens with zero attached hydrogens (tertiary/aromatic N) is 3. The number of aliphatic imine (C=N–C) groups is 2. The highest BCUT2D eigenvalue weighted by molar-refractivity contribution is 6.18. The van der Waals surface area contributed by atoms with Crippen molar-refractivity contribution >= 4 is 23.2 Å². The predicted molar refractivity (Wildman–Crippen MR) is 125 cm³/mol. The summed E-state index contributed by atoms with van der Waals surface area (Å²) in [7, 11) is 1.81. The number of hydrogen-bond acceptors (Lipinski definition) is 3. The highest BCUT2D eigenvalue weighted by Crippen LogP contribution is 2.50. The van der Waals surface area contributed by atoms with Crippen molar-refractivity contribution in [1.82, 2.24) is 0 Å². The molecule has 2 aromatic rings. The minimum atomic E-state index is -0.149. The minimum Gasteiger partial charge on any atom is -0.343 e. The molecule has 1 aliphatic carbocycles. The number of fused-ring (bicyclic) bond motifs is 1. The third kappa shape index (κ3) is 3.35. The minimum absolute atomic E-state index is 0.149. The van der Waals surface area contributed by atoms with Crippen molar-refractivity contribution in [3.05, 3.63) is 83.1 Å². The van der Waals surface area contributed by atoms with Gasteiger partial charge < -0.3 is 4.90 Å². The molecule has 148 valence electrons. The van der Waals surface area contributed by atoms with Crippen LogP contribution in [-0.4, -0.2) is 31.1 Å². The first-order valence-electron chi connectivity index (χ1n) is 10.4. The van der Waals surface area contributed by atoms with Crippen molar-refractivity contribution in [3.63, 3.8) is 0 Å². The number of allylic oxidation sites excluding steroid dienone is 2. The van der Waals surface area contributed by atoms with E-state index in [0.29, 0.717) is 0 Å². The van der Waals surface area contributed by atoms with E-state index in [2.05, 4.69) is 85.8 Å². The second-order valence-electron chi connectivity index (χ2n) is 7.91. The van der Waals surface area contributed by atoms with E-state index in [-0.39, 0.29) is 5.54 Å². The Bertz CT molecular complexity index is 1030. The van der Waals surface area contributed by atoms with E-state index >= 15 is 0 Å². The van der Waals surface area contributed by atoms with Crippen molar-refractivity contribution < 1.29 is 0 Å². The first kappa shape index (κ1) is 19.4. The van der Waals surface area contributed by atoms with E-state index in [1.165, 1.54) is 16.8 Å². The third-order valence-electron chi connectivity index (χ3n) is 6.01. The Morgan fingerprint density at radius 3 is 2.52 bits per heavy atom. The van der Waals surface area contributed by atoms with E-state index in [1.54, 1.807) is 0 Å². The lowest BCUT2D eigenvalue weighted by Gasteiger charge is -2.28. The van der Waals surface area contributed by atoms with Crippen molar-refractivity contribution in [3.8, 4) is 0 Å². The van der Waals surface area contributed by atoms with Crippen LogP contribution in [0.5, 0.6) is 0 Å². The number of likely N-dealkylation sites (N-methyl/N-ethyl adjacent to an activating group) is 1. The molecule has 0 bridgehead atoms. The van der Waals surface area contributed by atoms with Gasteiger partial charge in [-0.25, -0.2) is 0 Å². The van der Waals surface area contributed by atoms with Crippen molar-refractivity contribution in [2.75, 3.05) is 18.5 Å². The molecule has 2 aliphatic rings. The van der Waals surface area contributed by atoms with Gasteiger partial charge in [-0.05, 0) is 56.9 Å². The van der Waals surface area contributed by atoms with Crippen LogP contribution in [-0.2, 0) is 0 Å². The molecule has 0 unspecified atom stereocenters. The van der Waals surface area contributed by atoms with Crippen molar-refractivity contribution in [2.24, 2.45) is 9.98 Å². The van der Waals surface area contributed by atoms with E-state index in [4.69, 9.17) is 4.99 Å². The maximum Gasteiger partial charge on any atom is 0.101 e. The second kappa shape index (κ2) is 7.47. The van der Waals surface area contributed by atoms with Gasteiger partial charge in [0.2, 0.25) is 0 Å². The lowest BCUT2D eigenvalue weighted by atomic mass is 9.95. The molecule has 3 heteroatoms. The normalized spacial score (nSPS) is 18.1. The zero-order chi connectivity index (χ0) is 20.6. The second-order valence-corrected chi connectivity index (χ2v) is 7.91. The number of anilines is 1. The highest BCUT2D eigenvalue weighted by Gasteiger charge is 2.49. The number of aryl methyl sites for hydroxylation is 1. The number of benzene rings is 2. The average molecular weight is 384 g/mol. The smallest absolute Gasteiger partial charge is 0.101 e. The van der Waals surface area contributed by atoms with Gasteiger partial charge in [0.05, 0.1) is 11.4 Å². The highest BCUT2D eigenvalue weighted by atomic mass is 15.2. The topological polar surface area (TPSA) is 28.0 Å². The van der Waals surface area contributed by atoms with Gasteiger partial charge in [0.25, 0.3) is 0 Å². The molecule has 3 nitrogen and oxygen atoms in total. The third-order valence-corrected chi connectivity index (χ3v) is 6.01. The summed E-state index contributed by atoms with van der Waals surface area (Å²) in [5, 5.41) is 0. The molecular formula is C26H29N3. The first-order valence-corrected chi connectivity index (χ1v) is 10.4. The van der Waals surface area contributed by atoms with Crippen molar-refractivity contribution in [1.29, 1.82) is 0 Å². The van der Waals surface area contributed by atoms with Crippen LogP contribution in [0.1, 0.15) is 48.9 Å². The fourth-order valence-electron chi connectivity index (χ4n) is 4.14. The van der Waals surface area contributed by atoms with Gasteiger partial charge in [0, 0.05) is 36.6 Å². The summed E-state index contributed by atoms with van der Waals surface area (Å²) in [6.45, 7) is 11.7. The van der Waals surface area contributed by atoms with Crippen LogP contribution >= 0.6 is 0 Å². The Hall–Kier alpha value is -2.94. The molecule has 1 heterocycles. The average Bonchev–Trinajstić information content (AvgIpc) is 3.53. The van der Waals surface area contributed by atoms with Crippen LogP contribution in [0.2, 0.25) is 0 Å². The lowest BCUT2D eigenvalue weighted by Crippen LogP contribution is -2.28. The summed E-state index contributed by atoms with van der Waals surface area (Å²) in [5.74, 6) is 0. The Morgan fingerprint density at radius 2 is 1.93 bits per heavy atom. The van der Waals surface area contributed by atoms with Crippen LogP contribution in [0.25, 0.3) is 5.57 Å². The molecule has 1 saturated carbocycles. The fourth-order valence-corrected chi connectivity index (χ4v) is 4.14. The molecule has 1 spiro atoms. The van der Waals surface area contributed by atoms with Crippen LogP contribution in [0.15, 0.2) is 70.8 Å². The van der Waals surface area contributed by atoms with E-state index in [9.17, 15) is 0 Å². The Labute approximate surface area is 174 Å².